The molecule has 0 aliphatic carbocycles. The van der Waals surface area contributed by atoms with Crippen LogP contribution in [0.5, 0.6) is 0 Å². The average molecular weight is 261 g/mol. The number of hydrogen-bond acceptors (Lipinski definition) is 4. The summed E-state index contributed by atoms with van der Waals surface area (Å²) in [5, 5.41) is 13.5. The van der Waals surface area contributed by atoms with Gasteiger partial charge in [0.05, 0.1) is 21.2 Å². The molecule has 84 valence electrons. The Bertz CT molecular complexity index is 460. The summed E-state index contributed by atoms with van der Waals surface area (Å²) in [5.74, 6) is 0. The molecule has 0 fully saturated rings. The third kappa shape index (κ3) is 3.22. The monoisotopic (exact) mass is 260 g/mol. The maximum atomic E-state index is 10.3. The lowest BCUT2D eigenvalue weighted by Gasteiger charge is -2.01. The van der Waals surface area contributed by atoms with Gasteiger partial charge in [-0.25, -0.2) is 0 Å². The van der Waals surface area contributed by atoms with Crippen LogP contribution in [-0.2, 0) is 4.79 Å². The van der Waals surface area contributed by atoms with Gasteiger partial charge in [0, 0.05) is 5.69 Å². The molecule has 0 aliphatic heterocycles. The fraction of sp³-hybridized carbons (Fsp3) is 0. The second-order valence-corrected chi connectivity index (χ2v) is 3.53. The van der Waals surface area contributed by atoms with E-state index in [-0.39, 0.29) is 6.29 Å². The van der Waals surface area contributed by atoms with Gasteiger partial charge in [-0.3, -0.25) is 14.9 Å². The number of hydrogen-bond donors (Lipinski definition) is 1. The van der Waals surface area contributed by atoms with E-state index in [0.717, 1.165) is 6.20 Å². The Morgan fingerprint density at radius 2 is 2.06 bits per heavy atom. The molecule has 0 spiro atoms. The van der Waals surface area contributed by atoms with Crippen LogP contribution in [0.3, 0.4) is 0 Å². The van der Waals surface area contributed by atoms with Gasteiger partial charge < -0.3 is 5.32 Å². The van der Waals surface area contributed by atoms with Gasteiger partial charge in [-0.1, -0.05) is 23.2 Å². The lowest BCUT2D eigenvalue weighted by atomic mass is 10.3. The van der Waals surface area contributed by atoms with Crippen molar-refractivity contribution in [3.05, 3.63) is 50.3 Å². The number of carbonyl (C=O) groups is 1. The lowest BCUT2D eigenvalue weighted by Crippen LogP contribution is -2.02. The number of carbonyl (C=O) groups excluding carboxylic acids is 1. The second kappa shape index (κ2) is 5.48. The van der Waals surface area contributed by atoms with Gasteiger partial charge in [-0.2, -0.15) is 0 Å². The van der Waals surface area contributed by atoms with Crippen molar-refractivity contribution in [3.63, 3.8) is 0 Å². The number of allylic oxidation sites excluding steroid dienone is 1. The van der Waals surface area contributed by atoms with Crippen LogP contribution in [0.1, 0.15) is 0 Å². The van der Waals surface area contributed by atoms with E-state index in [0.29, 0.717) is 15.7 Å². The molecule has 0 saturated heterocycles. The molecule has 0 atom stereocenters. The van der Waals surface area contributed by atoms with Gasteiger partial charge >= 0.3 is 5.70 Å². The molecule has 7 heteroatoms. The standard InChI is InChI=1S/C9H6Cl2N2O3/c10-8-2-1-6(3-9(8)11)12-4-7(5-14)13(15)16/h1-5,12H/b7-4+. The molecular formula is C9H6Cl2N2O3. The molecule has 0 heterocycles. The first-order valence-electron chi connectivity index (χ1n) is 4.06. The molecule has 0 unspecified atom stereocenters. The number of halogens is 2. The summed E-state index contributed by atoms with van der Waals surface area (Å²) in [6.07, 6.45) is 1.12. The van der Waals surface area contributed by atoms with Crippen LogP contribution in [0.15, 0.2) is 30.1 Å². The Morgan fingerprint density at radius 1 is 1.38 bits per heavy atom. The molecule has 16 heavy (non-hydrogen) atoms. The third-order valence-corrected chi connectivity index (χ3v) is 2.38. The largest absolute Gasteiger partial charge is 0.356 e. The first kappa shape index (κ1) is 12.5. The third-order valence-electron chi connectivity index (χ3n) is 1.64. The predicted octanol–water partition coefficient (Wildman–Crippen LogP) is 2.72. The normalized spacial score (nSPS) is 11.0. The molecule has 0 saturated carbocycles. The number of rotatable bonds is 4. The number of benzene rings is 1. The highest BCUT2D eigenvalue weighted by molar-refractivity contribution is 6.42. The molecule has 0 bridgehead atoms. The number of nitrogens with one attached hydrogen (secondary N) is 1. The Morgan fingerprint density at radius 3 is 2.56 bits per heavy atom. The molecule has 1 rings (SSSR count). The summed E-state index contributed by atoms with van der Waals surface area (Å²) in [6, 6.07) is 4.60. The van der Waals surface area contributed by atoms with E-state index in [1.807, 2.05) is 0 Å². The molecule has 1 aromatic carbocycles. The zero-order chi connectivity index (χ0) is 12.1. The van der Waals surface area contributed by atoms with Gasteiger partial charge in [0.2, 0.25) is 6.29 Å². The van der Waals surface area contributed by atoms with Crippen LogP contribution < -0.4 is 5.32 Å². The van der Waals surface area contributed by atoms with E-state index < -0.39 is 10.6 Å². The summed E-state index contributed by atoms with van der Waals surface area (Å²) in [5.41, 5.74) is -0.0818. The summed E-state index contributed by atoms with van der Waals surface area (Å²) in [7, 11) is 0. The average Bonchev–Trinajstić information content (AvgIpc) is 2.23. The molecule has 0 amide bonds. The van der Waals surface area contributed by atoms with E-state index in [4.69, 9.17) is 23.2 Å². The van der Waals surface area contributed by atoms with Gasteiger partial charge in [0.1, 0.15) is 0 Å². The van der Waals surface area contributed by atoms with Gasteiger partial charge in [0.25, 0.3) is 0 Å². The van der Waals surface area contributed by atoms with Crippen LogP contribution in [0, 0.1) is 10.1 Å². The minimum Gasteiger partial charge on any atom is -0.356 e. The maximum Gasteiger partial charge on any atom is 0.324 e. The molecule has 5 nitrogen and oxygen atoms in total. The van der Waals surface area contributed by atoms with E-state index in [1.165, 1.54) is 12.1 Å². The van der Waals surface area contributed by atoms with Crippen LogP contribution >= 0.6 is 23.2 Å². The van der Waals surface area contributed by atoms with Crippen LogP contribution in [0.2, 0.25) is 10.0 Å². The zero-order valence-corrected chi connectivity index (χ0v) is 9.33. The summed E-state index contributed by atoms with van der Waals surface area (Å²) in [4.78, 5) is 19.8. The minimum absolute atomic E-state index is 0.143. The molecule has 0 aromatic heterocycles. The Labute approximate surface area is 101 Å². The Kier molecular flexibility index (Phi) is 4.28. The summed E-state index contributed by atoms with van der Waals surface area (Å²) in [6.45, 7) is 0. The van der Waals surface area contributed by atoms with E-state index in [2.05, 4.69) is 5.32 Å². The van der Waals surface area contributed by atoms with Crippen molar-refractivity contribution in [2.45, 2.75) is 0 Å². The van der Waals surface area contributed by atoms with Crippen molar-refractivity contribution < 1.29 is 9.72 Å². The summed E-state index contributed by atoms with van der Waals surface area (Å²) >= 11 is 11.4. The molecule has 1 N–H and O–H groups in total. The highest BCUT2D eigenvalue weighted by atomic mass is 35.5. The van der Waals surface area contributed by atoms with Crippen molar-refractivity contribution in [2.75, 3.05) is 5.32 Å². The summed E-state index contributed by atoms with van der Waals surface area (Å²) < 4.78 is 0. The van der Waals surface area contributed by atoms with Crippen molar-refractivity contribution >= 4 is 35.2 Å². The molecule has 0 aliphatic rings. The van der Waals surface area contributed by atoms with Gasteiger partial charge in [-0.15, -0.1) is 0 Å². The number of anilines is 1. The number of nitrogens with zero attached hydrogens (tertiary/aromatic N) is 1. The first-order chi connectivity index (χ1) is 7.54. The van der Waals surface area contributed by atoms with Gasteiger partial charge in [-0.05, 0) is 18.2 Å². The van der Waals surface area contributed by atoms with Crippen LogP contribution in [0.4, 0.5) is 5.69 Å². The van der Waals surface area contributed by atoms with Crippen molar-refractivity contribution in [1.29, 1.82) is 0 Å². The Hall–Kier alpha value is -1.59. The van der Waals surface area contributed by atoms with Crippen molar-refractivity contribution in [3.8, 4) is 0 Å². The zero-order valence-electron chi connectivity index (χ0n) is 7.81. The van der Waals surface area contributed by atoms with E-state index >= 15 is 0 Å². The van der Waals surface area contributed by atoms with Crippen LogP contribution in [0.25, 0.3) is 0 Å². The quantitative estimate of drug-likeness (QED) is 0.391. The molecule has 1 aromatic rings. The highest BCUT2D eigenvalue weighted by Gasteiger charge is 2.07. The second-order valence-electron chi connectivity index (χ2n) is 2.72. The topological polar surface area (TPSA) is 72.2 Å². The molecular weight excluding hydrogens is 255 g/mol. The highest BCUT2D eigenvalue weighted by Crippen LogP contribution is 2.24. The van der Waals surface area contributed by atoms with E-state index in [9.17, 15) is 14.9 Å². The maximum absolute atomic E-state index is 10.3. The molecule has 0 radical (unpaired) electrons. The fourth-order valence-corrected chi connectivity index (χ4v) is 1.17. The SMILES string of the molecule is O=C/C(=C\Nc1ccc(Cl)c(Cl)c1)[N+](=O)[O-]. The first-order valence-corrected chi connectivity index (χ1v) is 4.81. The predicted molar refractivity (Wildman–Crippen MR) is 61.2 cm³/mol. The number of nitro groups is 1. The fourth-order valence-electron chi connectivity index (χ4n) is 0.873. The smallest absolute Gasteiger partial charge is 0.324 e. The lowest BCUT2D eigenvalue weighted by molar-refractivity contribution is -0.417. The van der Waals surface area contributed by atoms with Crippen molar-refractivity contribution in [1.82, 2.24) is 0 Å². The Balaban J connectivity index is 2.85. The van der Waals surface area contributed by atoms with E-state index in [1.54, 1.807) is 6.07 Å². The van der Waals surface area contributed by atoms with Gasteiger partial charge in [0.15, 0.2) is 0 Å². The minimum atomic E-state index is -0.794. The van der Waals surface area contributed by atoms with Crippen LogP contribution in [-0.4, -0.2) is 11.2 Å². The number of aldehydes is 1. The van der Waals surface area contributed by atoms with Crippen molar-refractivity contribution in [2.24, 2.45) is 0 Å².